The molecule has 0 aromatic heterocycles. The number of amides is 1. The van der Waals surface area contributed by atoms with Gasteiger partial charge < -0.3 is 5.32 Å². The number of aryl methyl sites for hydroxylation is 3. The Bertz CT molecular complexity index is 1210. The van der Waals surface area contributed by atoms with Crippen molar-refractivity contribution in [3.05, 3.63) is 95.1 Å². The molecule has 3 rings (SSSR count). The molecule has 180 valence electrons. The number of hydrogen-bond donors (Lipinski definition) is 1. The molecule has 0 saturated carbocycles. The summed E-state index contributed by atoms with van der Waals surface area (Å²) in [6, 6.07) is 22.3. The second-order valence-electron chi connectivity index (χ2n) is 8.86. The van der Waals surface area contributed by atoms with Gasteiger partial charge in [-0.3, -0.25) is 9.10 Å². The van der Waals surface area contributed by atoms with E-state index in [1.54, 1.807) is 30.3 Å². The Labute approximate surface area is 203 Å². The molecule has 1 amide bonds. The smallest absolute Gasteiger partial charge is 0.264 e. The Morgan fingerprint density at radius 3 is 2.21 bits per heavy atom. The van der Waals surface area contributed by atoms with Crippen LogP contribution in [-0.4, -0.2) is 27.4 Å². The fraction of sp³-hybridized carbons (Fsp3) is 0.321. The normalized spacial score (nSPS) is 12.2. The number of sulfonamides is 1. The van der Waals surface area contributed by atoms with E-state index >= 15 is 0 Å². The molecule has 34 heavy (non-hydrogen) atoms. The molecule has 6 heteroatoms. The van der Waals surface area contributed by atoms with Gasteiger partial charge in [0.15, 0.2) is 0 Å². The Kier molecular flexibility index (Phi) is 8.51. The number of rotatable bonds is 10. The number of anilines is 1. The van der Waals surface area contributed by atoms with Crippen molar-refractivity contribution in [2.45, 2.75) is 45.4 Å². The summed E-state index contributed by atoms with van der Waals surface area (Å²) >= 11 is 0. The molecule has 0 fully saturated rings. The van der Waals surface area contributed by atoms with Gasteiger partial charge in [0.05, 0.1) is 10.6 Å². The Morgan fingerprint density at radius 1 is 0.912 bits per heavy atom. The van der Waals surface area contributed by atoms with Crippen molar-refractivity contribution in [2.75, 3.05) is 17.4 Å². The molecule has 0 radical (unpaired) electrons. The molecule has 0 spiro atoms. The number of nitrogens with one attached hydrogen (secondary N) is 1. The predicted octanol–water partition coefficient (Wildman–Crippen LogP) is 5.19. The van der Waals surface area contributed by atoms with Crippen LogP contribution in [0.15, 0.2) is 77.7 Å². The zero-order chi connectivity index (χ0) is 24.7. The monoisotopic (exact) mass is 478 g/mol. The zero-order valence-corrected chi connectivity index (χ0v) is 21.2. The van der Waals surface area contributed by atoms with Gasteiger partial charge in [-0.25, -0.2) is 8.42 Å². The molecule has 0 aliphatic rings. The Morgan fingerprint density at radius 2 is 1.59 bits per heavy atom. The molecular formula is C28H34N2O3S. The van der Waals surface area contributed by atoms with Gasteiger partial charge in [0, 0.05) is 6.54 Å². The van der Waals surface area contributed by atoms with Crippen LogP contribution in [0.25, 0.3) is 0 Å². The summed E-state index contributed by atoms with van der Waals surface area (Å²) in [5.41, 5.74) is 4.71. The van der Waals surface area contributed by atoms with E-state index < -0.39 is 10.0 Å². The maximum Gasteiger partial charge on any atom is 0.264 e. The summed E-state index contributed by atoms with van der Waals surface area (Å²) in [5.74, 6) is -0.0458. The molecule has 0 heterocycles. The van der Waals surface area contributed by atoms with E-state index in [9.17, 15) is 13.2 Å². The SMILES string of the molecule is CCC(CNC(=O)CN(c1ccc(C)c(C)c1)S(=O)(=O)c1ccc(C)cc1)Cc1ccccc1. The van der Waals surface area contributed by atoms with E-state index in [1.807, 2.05) is 51.1 Å². The molecule has 0 saturated heterocycles. The van der Waals surface area contributed by atoms with Crippen LogP contribution in [0.2, 0.25) is 0 Å². The summed E-state index contributed by atoms with van der Waals surface area (Å²) < 4.78 is 28.3. The molecule has 0 aliphatic carbocycles. The maximum absolute atomic E-state index is 13.6. The summed E-state index contributed by atoms with van der Waals surface area (Å²) in [5, 5.41) is 2.97. The lowest BCUT2D eigenvalue weighted by Crippen LogP contribution is -2.42. The van der Waals surface area contributed by atoms with Gasteiger partial charge in [-0.05, 0) is 74.1 Å². The summed E-state index contributed by atoms with van der Waals surface area (Å²) in [6.45, 7) is 8.14. The average Bonchev–Trinajstić information content (AvgIpc) is 2.83. The van der Waals surface area contributed by atoms with Gasteiger partial charge in [0.2, 0.25) is 5.91 Å². The number of carbonyl (C=O) groups is 1. The van der Waals surface area contributed by atoms with E-state index in [2.05, 4.69) is 24.4 Å². The molecule has 3 aromatic rings. The van der Waals surface area contributed by atoms with E-state index in [0.717, 1.165) is 29.5 Å². The highest BCUT2D eigenvalue weighted by molar-refractivity contribution is 7.92. The van der Waals surface area contributed by atoms with Gasteiger partial charge in [0.25, 0.3) is 10.0 Å². The third-order valence-electron chi connectivity index (χ3n) is 6.21. The fourth-order valence-corrected chi connectivity index (χ4v) is 5.20. The molecule has 1 unspecified atom stereocenters. The van der Waals surface area contributed by atoms with Gasteiger partial charge in [0.1, 0.15) is 6.54 Å². The van der Waals surface area contributed by atoms with E-state index in [-0.39, 0.29) is 23.3 Å². The quantitative estimate of drug-likeness (QED) is 0.436. The molecule has 5 nitrogen and oxygen atoms in total. The molecule has 0 bridgehead atoms. The second-order valence-corrected chi connectivity index (χ2v) is 10.7. The number of carbonyl (C=O) groups excluding carboxylic acids is 1. The van der Waals surface area contributed by atoms with Crippen molar-refractivity contribution < 1.29 is 13.2 Å². The molecule has 1 atom stereocenters. The summed E-state index contributed by atoms with van der Waals surface area (Å²) in [7, 11) is -3.92. The highest BCUT2D eigenvalue weighted by atomic mass is 32.2. The van der Waals surface area contributed by atoms with Crippen molar-refractivity contribution in [1.29, 1.82) is 0 Å². The lowest BCUT2D eigenvalue weighted by Gasteiger charge is -2.25. The van der Waals surface area contributed by atoms with Crippen molar-refractivity contribution >= 4 is 21.6 Å². The average molecular weight is 479 g/mol. The predicted molar refractivity (Wildman–Crippen MR) is 139 cm³/mol. The van der Waals surface area contributed by atoms with Crippen LogP contribution in [0.1, 0.15) is 35.6 Å². The third kappa shape index (κ3) is 6.48. The first-order valence-electron chi connectivity index (χ1n) is 11.7. The van der Waals surface area contributed by atoms with Crippen LogP contribution >= 0.6 is 0 Å². The van der Waals surface area contributed by atoms with Crippen LogP contribution in [-0.2, 0) is 21.2 Å². The van der Waals surface area contributed by atoms with E-state index in [0.29, 0.717) is 12.2 Å². The van der Waals surface area contributed by atoms with Gasteiger partial charge in [-0.1, -0.05) is 67.4 Å². The standard InChI is InChI=1S/C28H34N2O3S/c1-5-24(18-25-9-7-6-8-10-25)19-29-28(31)20-30(26-14-13-22(3)23(4)17-26)34(32,33)27-15-11-21(2)12-16-27/h6-17,24H,5,18-20H2,1-4H3,(H,29,31). The fourth-order valence-electron chi connectivity index (χ4n) is 3.79. The number of benzene rings is 3. The maximum atomic E-state index is 13.6. The lowest BCUT2D eigenvalue weighted by molar-refractivity contribution is -0.119. The molecular weight excluding hydrogens is 444 g/mol. The zero-order valence-electron chi connectivity index (χ0n) is 20.4. The Hall–Kier alpha value is -3.12. The molecule has 3 aromatic carbocycles. The minimum atomic E-state index is -3.92. The van der Waals surface area contributed by atoms with Crippen LogP contribution < -0.4 is 9.62 Å². The van der Waals surface area contributed by atoms with Gasteiger partial charge in [-0.2, -0.15) is 0 Å². The largest absolute Gasteiger partial charge is 0.354 e. The highest BCUT2D eigenvalue weighted by Gasteiger charge is 2.27. The summed E-state index contributed by atoms with van der Waals surface area (Å²) in [4.78, 5) is 13.1. The van der Waals surface area contributed by atoms with Crippen molar-refractivity contribution in [1.82, 2.24) is 5.32 Å². The first-order valence-corrected chi connectivity index (χ1v) is 13.1. The third-order valence-corrected chi connectivity index (χ3v) is 8.00. The van der Waals surface area contributed by atoms with E-state index in [4.69, 9.17) is 0 Å². The van der Waals surface area contributed by atoms with Crippen molar-refractivity contribution in [3.63, 3.8) is 0 Å². The number of hydrogen-bond acceptors (Lipinski definition) is 3. The molecule has 0 aliphatic heterocycles. The van der Waals surface area contributed by atoms with Gasteiger partial charge >= 0.3 is 0 Å². The number of nitrogens with zero attached hydrogens (tertiary/aromatic N) is 1. The topological polar surface area (TPSA) is 66.5 Å². The minimum Gasteiger partial charge on any atom is -0.354 e. The highest BCUT2D eigenvalue weighted by Crippen LogP contribution is 2.26. The molecule has 1 N–H and O–H groups in total. The van der Waals surface area contributed by atoms with Crippen LogP contribution in [0.4, 0.5) is 5.69 Å². The lowest BCUT2D eigenvalue weighted by atomic mass is 9.97. The second kappa shape index (κ2) is 11.3. The minimum absolute atomic E-state index is 0.166. The van der Waals surface area contributed by atoms with E-state index in [1.165, 1.54) is 9.87 Å². The van der Waals surface area contributed by atoms with Crippen molar-refractivity contribution in [3.8, 4) is 0 Å². The van der Waals surface area contributed by atoms with Crippen LogP contribution in [0.5, 0.6) is 0 Å². The Balaban J connectivity index is 1.80. The van der Waals surface area contributed by atoms with Crippen molar-refractivity contribution in [2.24, 2.45) is 5.92 Å². The first kappa shape index (κ1) is 25.5. The summed E-state index contributed by atoms with van der Waals surface area (Å²) in [6.07, 6.45) is 1.78. The van der Waals surface area contributed by atoms with Crippen LogP contribution in [0, 0.1) is 26.7 Å². The van der Waals surface area contributed by atoms with Gasteiger partial charge in [-0.15, -0.1) is 0 Å². The van der Waals surface area contributed by atoms with Crippen LogP contribution in [0.3, 0.4) is 0 Å². The first-order chi connectivity index (χ1) is 16.2.